The molecule has 0 bridgehead atoms. The highest BCUT2D eigenvalue weighted by Gasteiger charge is 2.58. The Morgan fingerprint density at radius 2 is 1.77 bits per heavy atom. The van der Waals surface area contributed by atoms with E-state index in [1.165, 1.54) is 6.92 Å². The van der Waals surface area contributed by atoms with Crippen LogP contribution in [0, 0.1) is 12.3 Å². The van der Waals surface area contributed by atoms with Gasteiger partial charge in [0.15, 0.2) is 5.78 Å². The van der Waals surface area contributed by atoms with Crippen molar-refractivity contribution in [1.82, 2.24) is 30.0 Å². The van der Waals surface area contributed by atoms with Gasteiger partial charge in [0, 0.05) is 36.3 Å². The summed E-state index contributed by atoms with van der Waals surface area (Å²) in [6, 6.07) is 14.0. The Kier molecular flexibility index (Phi) is 7.61. The Morgan fingerprint density at radius 3 is 2.43 bits per heavy atom. The maximum Gasteiger partial charge on any atom is 0.245 e. The van der Waals surface area contributed by atoms with Crippen molar-refractivity contribution < 1.29 is 18.8 Å². The van der Waals surface area contributed by atoms with Gasteiger partial charge in [0.2, 0.25) is 11.8 Å². The summed E-state index contributed by atoms with van der Waals surface area (Å²) in [5.41, 5.74) is 3.57. The predicted molar refractivity (Wildman–Crippen MR) is 165 cm³/mol. The minimum atomic E-state index is -0.716. The molecule has 3 atom stereocenters. The zero-order valence-corrected chi connectivity index (χ0v) is 25.3. The van der Waals surface area contributed by atoms with E-state index in [0.29, 0.717) is 28.7 Å². The third-order valence-electron chi connectivity index (χ3n) is 9.23. The van der Waals surface area contributed by atoms with Gasteiger partial charge < -0.3 is 10.2 Å². The third-order valence-corrected chi connectivity index (χ3v) is 9.23. The Labute approximate surface area is 255 Å². The number of ketones is 1. The number of aromatic nitrogens is 4. The number of Topliss-reactive ketones (excluding diaryl/α,β-unsaturated/α-hetero) is 1. The van der Waals surface area contributed by atoms with Gasteiger partial charge in [-0.25, -0.2) is 14.4 Å². The first-order valence-corrected chi connectivity index (χ1v) is 14.9. The highest BCUT2D eigenvalue weighted by Crippen LogP contribution is 2.54. The van der Waals surface area contributed by atoms with E-state index in [1.54, 1.807) is 28.9 Å². The Balaban J connectivity index is 1.24. The van der Waals surface area contributed by atoms with E-state index >= 15 is 4.39 Å². The van der Waals surface area contributed by atoms with Crippen molar-refractivity contribution in [3.63, 3.8) is 0 Å². The lowest BCUT2D eigenvalue weighted by atomic mass is 9.66. The standard InChI is InChI=1S/C34H35FN6O3/c1-20(23-8-6-5-7-9-23)27(35)18-38-33(44)29-15-34(4)13-12-30(34)41(29)31(43)19-40-28-11-10-24(25-16-36-22(3)37-17-25)14-26(28)32(39-40)21(2)42/h5-11,14,16-17,29-30H,12-13,15,18-19H2,1-4H3,(H,38,44)/b27-20+/t29-,30+,34+/m0/s1. The summed E-state index contributed by atoms with van der Waals surface area (Å²) in [7, 11) is 0. The first kappa shape index (κ1) is 29.3. The number of likely N-dealkylation sites (tertiary alicyclic amines) is 1. The molecule has 1 N–H and O–H groups in total. The molecule has 4 aromatic rings. The third kappa shape index (κ3) is 5.29. The van der Waals surface area contributed by atoms with Crippen LogP contribution < -0.4 is 5.32 Å². The number of nitrogens with zero attached hydrogens (tertiary/aromatic N) is 5. The van der Waals surface area contributed by atoms with Crippen LogP contribution in [0.2, 0.25) is 0 Å². The molecule has 0 spiro atoms. The van der Waals surface area contributed by atoms with E-state index in [9.17, 15) is 14.4 Å². The molecule has 10 heteroatoms. The number of amides is 2. The van der Waals surface area contributed by atoms with Gasteiger partial charge in [-0.1, -0.05) is 43.3 Å². The smallest absolute Gasteiger partial charge is 0.245 e. The minimum absolute atomic E-state index is 0.0839. The Morgan fingerprint density at radius 1 is 1.05 bits per heavy atom. The number of hydrogen-bond donors (Lipinski definition) is 1. The molecule has 2 aromatic carbocycles. The summed E-state index contributed by atoms with van der Waals surface area (Å²) >= 11 is 0. The zero-order valence-electron chi connectivity index (χ0n) is 25.3. The van der Waals surface area contributed by atoms with Crippen LogP contribution in [0.1, 0.15) is 61.9 Å². The average molecular weight is 595 g/mol. The molecule has 44 heavy (non-hydrogen) atoms. The molecule has 226 valence electrons. The van der Waals surface area contributed by atoms with Gasteiger partial charge in [-0.15, -0.1) is 0 Å². The van der Waals surface area contributed by atoms with E-state index in [0.717, 1.165) is 29.5 Å². The van der Waals surface area contributed by atoms with Crippen molar-refractivity contribution in [1.29, 1.82) is 0 Å². The molecule has 2 amide bonds. The molecular formula is C34H35FN6O3. The monoisotopic (exact) mass is 594 g/mol. The fraction of sp³-hybridized carbons (Fsp3) is 0.353. The number of aryl methyl sites for hydroxylation is 1. The van der Waals surface area contributed by atoms with Crippen molar-refractivity contribution >= 4 is 34.1 Å². The van der Waals surface area contributed by atoms with Crippen LogP contribution in [0.3, 0.4) is 0 Å². The summed E-state index contributed by atoms with van der Waals surface area (Å²) in [4.78, 5) is 50.2. The second kappa shape index (κ2) is 11.4. The van der Waals surface area contributed by atoms with Gasteiger partial charge in [0.1, 0.15) is 29.9 Å². The van der Waals surface area contributed by atoms with Crippen LogP contribution in [-0.2, 0) is 16.1 Å². The number of nitrogens with one attached hydrogen (secondary N) is 1. The van der Waals surface area contributed by atoms with E-state index in [4.69, 9.17) is 0 Å². The molecule has 9 nitrogen and oxygen atoms in total. The first-order valence-electron chi connectivity index (χ1n) is 14.9. The lowest BCUT2D eigenvalue weighted by Crippen LogP contribution is -2.53. The zero-order chi connectivity index (χ0) is 31.2. The largest absolute Gasteiger partial charge is 0.348 e. The van der Waals surface area contributed by atoms with Crippen molar-refractivity contribution in [3.05, 3.63) is 83.8 Å². The summed E-state index contributed by atoms with van der Waals surface area (Å²) < 4.78 is 16.6. The van der Waals surface area contributed by atoms with E-state index in [-0.39, 0.29) is 47.8 Å². The molecular weight excluding hydrogens is 559 g/mol. The predicted octanol–water partition coefficient (Wildman–Crippen LogP) is 5.29. The molecule has 0 unspecified atom stereocenters. The topological polar surface area (TPSA) is 110 Å². The second-order valence-electron chi connectivity index (χ2n) is 12.2. The quantitative estimate of drug-likeness (QED) is 0.278. The molecule has 0 radical (unpaired) electrons. The fourth-order valence-corrected chi connectivity index (χ4v) is 6.55. The van der Waals surface area contributed by atoms with Crippen molar-refractivity contribution in [2.45, 2.75) is 65.6 Å². The molecule has 2 aliphatic rings. The number of carbonyl (C=O) groups excluding carboxylic acids is 3. The van der Waals surface area contributed by atoms with E-state index in [1.807, 2.05) is 55.5 Å². The van der Waals surface area contributed by atoms with Crippen LogP contribution in [0.5, 0.6) is 0 Å². The second-order valence-corrected chi connectivity index (χ2v) is 12.2. The van der Waals surface area contributed by atoms with Crippen LogP contribution in [-0.4, -0.2) is 60.9 Å². The SMILES string of the molecule is CC(=O)c1nn(CC(=O)N2[C@H](C(=O)NC/C(F)=C(/C)c3ccccc3)C[C@@]3(C)CC[C@@H]23)c2ccc(-c3cnc(C)nc3)cc12. The minimum Gasteiger partial charge on any atom is -0.348 e. The summed E-state index contributed by atoms with van der Waals surface area (Å²) in [5, 5.41) is 7.91. The lowest BCUT2D eigenvalue weighted by molar-refractivity contribution is -0.143. The Bertz CT molecular complexity index is 1800. The number of fused-ring (bicyclic) bond motifs is 2. The molecule has 1 saturated carbocycles. The molecule has 1 saturated heterocycles. The van der Waals surface area contributed by atoms with Crippen molar-refractivity contribution in [2.75, 3.05) is 6.54 Å². The fourth-order valence-electron chi connectivity index (χ4n) is 6.55. The van der Waals surface area contributed by atoms with Crippen LogP contribution in [0.15, 0.2) is 66.8 Å². The summed E-state index contributed by atoms with van der Waals surface area (Å²) in [5.74, 6) is -0.614. The molecule has 2 aromatic heterocycles. The van der Waals surface area contributed by atoms with Gasteiger partial charge >= 0.3 is 0 Å². The molecule has 1 aliphatic heterocycles. The number of halogens is 1. The number of rotatable bonds is 8. The summed E-state index contributed by atoms with van der Waals surface area (Å²) in [6.07, 6.45) is 5.68. The highest BCUT2D eigenvalue weighted by molar-refractivity contribution is 6.06. The molecule has 3 heterocycles. The summed E-state index contributed by atoms with van der Waals surface area (Å²) in [6.45, 7) is 6.66. The maximum absolute atomic E-state index is 15.0. The first-order chi connectivity index (χ1) is 21.1. The average Bonchev–Trinajstić information content (AvgIpc) is 3.48. The van der Waals surface area contributed by atoms with Gasteiger partial charge in [-0.05, 0) is 67.4 Å². The molecule has 2 fully saturated rings. The normalized spacial score (nSPS) is 21.4. The highest BCUT2D eigenvalue weighted by atomic mass is 19.1. The van der Waals surface area contributed by atoms with Crippen molar-refractivity contribution in [3.8, 4) is 11.1 Å². The maximum atomic E-state index is 15.0. The lowest BCUT2D eigenvalue weighted by Gasteiger charge is -2.44. The molecule has 6 rings (SSSR count). The number of carbonyl (C=O) groups is 3. The van der Waals surface area contributed by atoms with Crippen LogP contribution in [0.25, 0.3) is 27.6 Å². The van der Waals surface area contributed by atoms with Crippen LogP contribution >= 0.6 is 0 Å². The number of benzene rings is 2. The van der Waals surface area contributed by atoms with Gasteiger partial charge in [-0.3, -0.25) is 19.1 Å². The number of hydrogen-bond acceptors (Lipinski definition) is 6. The van der Waals surface area contributed by atoms with Gasteiger partial charge in [-0.2, -0.15) is 5.10 Å². The number of allylic oxidation sites excluding steroid dienone is 1. The van der Waals surface area contributed by atoms with Gasteiger partial charge in [0.05, 0.1) is 12.1 Å². The van der Waals surface area contributed by atoms with E-state index in [2.05, 4.69) is 27.3 Å². The van der Waals surface area contributed by atoms with Gasteiger partial charge in [0.25, 0.3) is 0 Å². The van der Waals surface area contributed by atoms with Crippen molar-refractivity contribution in [2.24, 2.45) is 5.41 Å². The van der Waals surface area contributed by atoms with E-state index < -0.39 is 11.9 Å². The van der Waals surface area contributed by atoms with Crippen LogP contribution in [0.4, 0.5) is 4.39 Å². The molecule has 1 aliphatic carbocycles. The Hall–Kier alpha value is -4.73.